The van der Waals surface area contributed by atoms with Gasteiger partial charge in [-0.05, 0) is 12.1 Å². The first kappa shape index (κ1) is 18.6. The van der Waals surface area contributed by atoms with Crippen molar-refractivity contribution in [1.82, 2.24) is 0 Å². The third kappa shape index (κ3) is 4.02. The first-order valence-electron chi connectivity index (χ1n) is 7.45. The molecule has 8 heteroatoms. The maximum absolute atomic E-state index is 12.2. The lowest BCUT2D eigenvalue weighted by Gasteiger charge is -2.14. The number of nitrogens with zero attached hydrogens (tertiary/aromatic N) is 1. The molecule has 2 rings (SSSR count). The molecule has 0 spiro atoms. The van der Waals surface area contributed by atoms with E-state index in [4.69, 9.17) is 19.5 Å². The van der Waals surface area contributed by atoms with Gasteiger partial charge in [0.15, 0.2) is 11.5 Å². The van der Waals surface area contributed by atoms with E-state index < -0.39 is 11.8 Å². The summed E-state index contributed by atoms with van der Waals surface area (Å²) in [6.45, 7) is 0. The molecule has 26 heavy (non-hydrogen) atoms. The molecular weight excluding hydrogens is 338 g/mol. The Balaban J connectivity index is 2.19. The van der Waals surface area contributed by atoms with E-state index in [1.165, 1.54) is 45.6 Å². The topological polar surface area (TPSA) is 110 Å². The molecule has 0 aromatic heterocycles. The number of nitriles is 1. The molecule has 2 N–H and O–H groups in total. The Morgan fingerprint density at radius 1 is 0.923 bits per heavy atom. The van der Waals surface area contributed by atoms with Crippen LogP contribution in [-0.2, 0) is 9.59 Å². The van der Waals surface area contributed by atoms with Gasteiger partial charge in [-0.25, -0.2) is 0 Å². The van der Waals surface area contributed by atoms with Gasteiger partial charge in [-0.1, -0.05) is 12.1 Å². The Bertz CT molecular complexity index is 848. The first-order valence-corrected chi connectivity index (χ1v) is 7.45. The van der Waals surface area contributed by atoms with E-state index in [2.05, 4.69) is 10.6 Å². The smallest absolute Gasteiger partial charge is 0.314 e. The third-order valence-electron chi connectivity index (χ3n) is 3.42. The highest BCUT2D eigenvalue weighted by atomic mass is 16.5. The zero-order chi connectivity index (χ0) is 19.1. The summed E-state index contributed by atoms with van der Waals surface area (Å²) >= 11 is 0. The molecule has 0 aliphatic rings. The van der Waals surface area contributed by atoms with Crippen LogP contribution in [0.5, 0.6) is 17.2 Å². The van der Waals surface area contributed by atoms with E-state index in [9.17, 15) is 9.59 Å². The number of anilines is 2. The average Bonchev–Trinajstić information content (AvgIpc) is 2.67. The van der Waals surface area contributed by atoms with E-state index in [0.29, 0.717) is 17.2 Å². The number of nitrogens with one attached hydrogen (secondary N) is 2. The molecule has 0 bridgehead atoms. The number of rotatable bonds is 5. The summed E-state index contributed by atoms with van der Waals surface area (Å²) in [5.41, 5.74) is 0.787. The van der Waals surface area contributed by atoms with Gasteiger partial charge in [0.05, 0.1) is 32.6 Å². The van der Waals surface area contributed by atoms with Crippen molar-refractivity contribution in [2.45, 2.75) is 0 Å². The van der Waals surface area contributed by atoms with Crippen LogP contribution >= 0.6 is 0 Å². The lowest BCUT2D eigenvalue weighted by molar-refractivity contribution is -0.133. The van der Waals surface area contributed by atoms with Gasteiger partial charge >= 0.3 is 11.8 Å². The Morgan fingerprint density at radius 2 is 1.50 bits per heavy atom. The summed E-state index contributed by atoms with van der Waals surface area (Å²) in [7, 11) is 4.33. The quantitative estimate of drug-likeness (QED) is 0.796. The van der Waals surface area contributed by atoms with Crippen LogP contribution in [0.1, 0.15) is 5.56 Å². The van der Waals surface area contributed by atoms with Crippen molar-refractivity contribution in [3.63, 3.8) is 0 Å². The maximum Gasteiger partial charge on any atom is 0.314 e. The number of methoxy groups -OCH3 is 3. The van der Waals surface area contributed by atoms with Gasteiger partial charge in [-0.2, -0.15) is 5.26 Å². The second-order valence-electron chi connectivity index (χ2n) is 4.98. The van der Waals surface area contributed by atoms with Gasteiger partial charge in [0.2, 0.25) is 5.75 Å². The lowest BCUT2D eigenvalue weighted by Crippen LogP contribution is -2.29. The van der Waals surface area contributed by atoms with Gasteiger partial charge < -0.3 is 24.8 Å². The van der Waals surface area contributed by atoms with Gasteiger partial charge in [-0.15, -0.1) is 0 Å². The molecule has 2 amide bonds. The predicted molar refractivity (Wildman–Crippen MR) is 94.5 cm³/mol. The SMILES string of the molecule is COc1cc(NC(=O)C(=O)Nc2ccccc2C#N)cc(OC)c1OC. The van der Waals surface area contributed by atoms with Crippen LogP contribution in [-0.4, -0.2) is 33.1 Å². The van der Waals surface area contributed by atoms with E-state index in [1.807, 2.05) is 6.07 Å². The monoisotopic (exact) mass is 355 g/mol. The summed E-state index contributed by atoms with van der Waals surface area (Å²) in [5.74, 6) is -0.802. The van der Waals surface area contributed by atoms with Gasteiger partial charge in [0, 0.05) is 17.8 Å². The van der Waals surface area contributed by atoms with Crippen molar-refractivity contribution < 1.29 is 23.8 Å². The molecule has 0 saturated carbocycles. The van der Waals surface area contributed by atoms with Gasteiger partial charge in [0.25, 0.3) is 0 Å². The molecule has 134 valence electrons. The summed E-state index contributed by atoms with van der Waals surface area (Å²) in [4.78, 5) is 24.2. The molecule has 0 aliphatic carbocycles. The summed E-state index contributed by atoms with van der Waals surface area (Å²) in [6, 6.07) is 11.3. The van der Waals surface area contributed by atoms with Crippen LogP contribution in [0.15, 0.2) is 36.4 Å². The molecule has 2 aromatic carbocycles. The molecule has 0 saturated heterocycles. The molecule has 0 atom stereocenters. The number of ether oxygens (including phenoxy) is 3. The van der Waals surface area contributed by atoms with Crippen molar-refractivity contribution in [1.29, 1.82) is 5.26 Å². The molecule has 0 aliphatic heterocycles. The number of carbonyl (C=O) groups is 2. The van der Waals surface area contributed by atoms with E-state index in [0.717, 1.165) is 0 Å². The highest BCUT2D eigenvalue weighted by Crippen LogP contribution is 2.39. The largest absolute Gasteiger partial charge is 0.493 e. The fourth-order valence-corrected chi connectivity index (χ4v) is 2.21. The summed E-state index contributed by atoms with van der Waals surface area (Å²) < 4.78 is 15.6. The molecule has 8 nitrogen and oxygen atoms in total. The zero-order valence-corrected chi connectivity index (χ0v) is 14.5. The van der Waals surface area contributed by atoms with Crippen molar-refractivity contribution >= 4 is 23.2 Å². The minimum atomic E-state index is -0.915. The van der Waals surface area contributed by atoms with E-state index in [-0.39, 0.29) is 16.9 Å². The highest BCUT2D eigenvalue weighted by Gasteiger charge is 2.19. The van der Waals surface area contributed by atoms with Crippen LogP contribution in [0.25, 0.3) is 0 Å². The van der Waals surface area contributed by atoms with Gasteiger partial charge in [0.1, 0.15) is 6.07 Å². The number of benzene rings is 2. The number of hydrogen-bond donors (Lipinski definition) is 2. The number of amides is 2. The highest BCUT2D eigenvalue weighted by molar-refractivity contribution is 6.43. The van der Waals surface area contributed by atoms with Crippen molar-refractivity contribution in [2.75, 3.05) is 32.0 Å². The van der Waals surface area contributed by atoms with Gasteiger partial charge in [-0.3, -0.25) is 9.59 Å². The van der Waals surface area contributed by atoms with Crippen LogP contribution in [0, 0.1) is 11.3 Å². The first-order chi connectivity index (χ1) is 12.5. The normalized spacial score (nSPS) is 9.62. The van der Waals surface area contributed by atoms with E-state index in [1.54, 1.807) is 12.1 Å². The molecular formula is C18H17N3O5. The maximum atomic E-state index is 12.2. The summed E-state index contributed by atoms with van der Waals surface area (Å²) in [6.07, 6.45) is 0. The molecule has 0 fully saturated rings. The van der Waals surface area contributed by atoms with Crippen LogP contribution in [0.2, 0.25) is 0 Å². The standard InChI is InChI=1S/C18H17N3O5/c1-24-14-8-12(9-15(25-2)16(14)26-3)20-17(22)18(23)21-13-7-5-4-6-11(13)10-19/h4-9H,1-3H3,(H,20,22)(H,21,23). The Kier molecular flexibility index (Phi) is 6.01. The fourth-order valence-electron chi connectivity index (χ4n) is 2.21. The summed E-state index contributed by atoms with van der Waals surface area (Å²) in [5, 5.41) is 13.9. The van der Waals surface area contributed by atoms with Crippen LogP contribution in [0.3, 0.4) is 0 Å². The fraction of sp³-hybridized carbons (Fsp3) is 0.167. The third-order valence-corrected chi connectivity index (χ3v) is 3.42. The molecule has 2 aromatic rings. The molecule has 0 heterocycles. The lowest BCUT2D eigenvalue weighted by atomic mass is 10.2. The second kappa shape index (κ2) is 8.39. The molecule has 0 unspecified atom stereocenters. The Morgan fingerprint density at radius 3 is 2.04 bits per heavy atom. The second-order valence-corrected chi connectivity index (χ2v) is 4.98. The average molecular weight is 355 g/mol. The van der Waals surface area contributed by atoms with Crippen LogP contribution < -0.4 is 24.8 Å². The number of hydrogen-bond acceptors (Lipinski definition) is 6. The van der Waals surface area contributed by atoms with Crippen molar-refractivity contribution in [3.05, 3.63) is 42.0 Å². The van der Waals surface area contributed by atoms with Crippen molar-refractivity contribution in [3.8, 4) is 23.3 Å². The number of carbonyl (C=O) groups excluding carboxylic acids is 2. The van der Waals surface area contributed by atoms with E-state index >= 15 is 0 Å². The van der Waals surface area contributed by atoms with Crippen LogP contribution in [0.4, 0.5) is 11.4 Å². The Hall–Kier alpha value is -3.73. The minimum absolute atomic E-state index is 0.250. The van der Waals surface area contributed by atoms with Crippen molar-refractivity contribution in [2.24, 2.45) is 0 Å². The zero-order valence-electron chi connectivity index (χ0n) is 14.5. The molecule has 0 radical (unpaired) electrons. The minimum Gasteiger partial charge on any atom is -0.493 e. The predicted octanol–water partition coefficient (Wildman–Crippen LogP) is 2.16. The Labute approximate surface area is 150 Å². The number of para-hydroxylation sites is 1.